The van der Waals surface area contributed by atoms with Crippen LogP contribution in [0, 0.1) is 22.7 Å². The Hall–Kier alpha value is -5.94. The highest BCUT2D eigenvalue weighted by molar-refractivity contribution is 5.89. The van der Waals surface area contributed by atoms with Crippen LogP contribution in [0.1, 0.15) is 22.3 Å². The van der Waals surface area contributed by atoms with Crippen LogP contribution in [0.4, 0.5) is 19.0 Å². The lowest BCUT2D eigenvalue weighted by Crippen LogP contribution is -2.25. The van der Waals surface area contributed by atoms with E-state index in [9.17, 15) is 28.5 Å². The topological polar surface area (TPSA) is 126 Å². The van der Waals surface area contributed by atoms with Gasteiger partial charge in [-0.25, -0.2) is 4.68 Å². The zero-order chi connectivity index (χ0) is 29.1. The first-order valence-corrected chi connectivity index (χ1v) is 12.0. The van der Waals surface area contributed by atoms with E-state index >= 15 is 0 Å². The number of nitrogens with zero attached hydrogens (tertiary/aromatic N) is 6. The maximum Gasteiger partial charge on any atom is 0.417 e. The average molecular weight is 550 g/mol. The number of hydrogen-bond donors (Lipinski definition) is 1. The Morgan fingerprint density at radius 1 is 0.878 bits per heavy atom. The summed E-state index contributed by atoms with van der Waals surface area (Å²) in [5.41, 5.74) is 4.23. The van der Waals surface area contributed by atoms with Crippen molar-refractivity contribution in [2.75, 3.05) is 5.73 Å². The second-order valence-electron chi connectivity index (χ2n) is 8.72. The molecule has 2 heterocycles. The van der Waals surface area contributed by atoms with Crippen LogP contribution in [-0.2, 0) is 6.18 Å². The van der Waals surface area contributed by atoms with Gasteiger partial charge in [-0.15, -0.1) is 0 Å². The molecule has 8 nitrogen and oxygen atoms in total. The van der Waals surface area contributed by atoms with Gasteiger partial charge in [-0.3, -0.25) is 4.79 Å². The number of pyridine rings is 1. The SMILES string of the molecule is N#Cc1c(-c2ccccc2C(F)(F)F)c(C#N)c(=O)n(/N=C/c2cn(-c3ccccc3)nc2-c2ccccc2)c1N. The molecule has 0 unspecified atom stereocenters. The molecule has 0 aliphatic rings. The predicted octanol–water partition coefficient (Wildman–Crippen LogP) is 5.59. The highest BCUT2D eigenvalue weighted by Crippen LogP contribution is 2.39. The van der Waals surface area contributed by atoms with Crippen molar-refractivity contribution in [3.63, 3.8) is 0 Å². The molecule has 2 N–H and O–H groups in total. The van der Waals surface area contributed by atoms with Gasteiger partial charge in [0, 0.05) is 22.9 Å². The number of nitrogen functional groups attached to an aromatic ring is 1. The van der Waals surface area contributed by atoms with Crippen LogP contribution in [-0.4, -0.2) is 20.7 Å². The van der Waals surface area contributed by atoms with E-state index in [-0.39, 0.29) is 0 Å². The fourth-order valence-corrected chi connectivity index (χ4v) is 4.37. The summed E-state index contributed by atoms with van der Waals surface area (Å²) in [5.74, 6) is -0.517. The summed E-state index contributed by atoms with van der Waals surface area (Å²) in [6.45, 7) is 0. The molecule has 0 bridgehead atoms. The predicted molar refractivity (Wildman–Crippen MR) is 147 cm³/mol. The summed E-state index contributed by atoms with van der Waals surface area (Å²) in [4.78, 5) is 13.4. The molecule has 0 fully saturated rings. The first-order chi connectivity index (χ1) is 19.7. The number of hydrogen-bond acceptors (Lipinski definition) is 6. The Morgan fingerprint density at radius 2 is 1.49 bits per heavy atom. The number of para-hydroxylation sites is 1. The van der Waals surface area contributed by atoms with Gasteiger partial charge in [-0.05, 0) is 23.8 Å². The van der Waals surface area contributed by atoms with Crippen molar-refractivity contribution in [2.24, 2.45) is 5.10 Å². The van der Waals surface area contributed by atoms with E-state index in [1.807, 2.05) is 60.7 Å². The average Bonchev–Trinajstić information content (AvgIpc) is 3.41. The largest absolute Gasteiger partial charge is 0.417 e. The monoisotopic (exact) mass is 549 g/mol. The number of halogens is 3. The molecule has 3 aromatic carbocycles. The number of nitriles is 2. The van der Waals surface area contributed by atoms with E-state index in [2.05, 4.69) is 10.2 Å². The molecule has 0 saturated carbocycles. The van der Waals surface area contributed by atoms with Gasteiger partial charge in [0.05, 0.1) is 17.5 Å². The highest BCUT2D eigenvalue weighted by atomic mass is 19.4. The zero-order valence-electron chi connectivity index (χ0n) is 21.0. The molecule has 5 rings (SSSR count). The minimum absolute atomic E-state index is 0.467. The lowest BCUT2D eigenvalue weighted by Gasteiger charge is -2.16. The number of benzene rings is 3. The van der Waals surface area contributed by atoms with E-state index in [0.717, 1.165) is 23.4 Å². The van der Waals surface area contributed by atoms with E-state index in [1.165, 1.54) is 18.3 Å². The molecule has 0 aliphatic heterocycles. The fraction of sp³-hybridized carbons (Fsp3) is 0.0333. The van der Waals surface area contributed by atoms with E-state index < -0.39 is 45.4 Å². The van der Waals surface area contributed by atoms with Gasteiger partial charge < -0.3 is 5.73 Å². The molecule has 200 valence electrons. The lowest BCUT2D eigenvalue weighted by molar-refractivity contribution is -0.137. The third-order valence-corrected chi connectivity index (χ3v) is 6.24. The quantitative estimate of drug-likeness (QED) is 0.286. The minimum Gasteiger partial charge on any atom is -0.382 e. The van der Waals surface area contributed by atoms with Crippen LogP contribution in [0.5, 0.6) is 0 Å². The van der Waals surface area contributed by atoms with Crippen LogP contribution in [0.2, 0.25) is 0 Å². The molecule has 0 amide bonds. The second kappa shape index (κ2) is 10.7. The van der Waals surface area contributed by atoms with Gasteiger partial charge in [0.1, 0.15) is 34.8 Å². The van der Waals surface area contributed by atoms with Crippen LogP contribution in [0.3, 0.4) is 0 Å². The van der Waals surface area contributed by atoms with E-state index in [4.69, 9.17) is 5.73 Å². The summed E-state index contributed by atoms with van der Waals surface area (Å²) in [5, 5.41) is 28.6. The second-order valence-corrected chi connectivity index (χ2v) is 8.72. The summed E-state index contributed by atoms with van der Waals surface area (Å²) in [6, 6.07) is 26.2. The fourth-order valence-electron chi connectivity index (χ4n) is 4.37. The lowest BCUT2D eigenvalue weighted by atomic mass is 9.92. The van der Waals surface area contributed by atoms with Crippen LogP contribution in [0.15, 0.2) is 101 Å². The standard InChI is InChI=1S/C30H18F3N7O/c31-30(32,33)25-14-8-7-13-22(25)26-23(15-34)28(36)40(29(41)24(26)16-35)37-17-20-18-39(21-11-5-2-6-12-21)38-27(20)19-9-3-1-4-10-19/h1-14,17-18H,36H2/b37-17+. The Morgan fingerprint density at radius 3 is 2.12 bits per heavy atom. The molecule has 5 aromatic rings. The van der Waals surface area contributed by atoms with Crippen molar-refractivity contribution in [3.8, 4) is 40.2 Å². The van der Waals surface area contributed by atoms with E-state index in [0.29, 0.717) is 15.9 Å². The van der Waals surface area contributed by atoms with Crippen molar-refractivity contribution in [2.45, 2.75) is 6.18 Å². The highest BCUT2D eigenvalue weighted by Gasteiger charge is 2.35. The maximum absolute atomic E-state index is 13.8. The van der Waals surface area contributed by atoms with Crippen molar-refractivity contribution in [1.82, 2.24) is 14.5 Å². The molecule has 0 radical (unpaired) electrons. The Labute approximate surface area is 231 Å². The number of rotatable bonds is 5. The normalized spacial score (nSPS) is 11.3. The molecule has 2 aromatic heterocycles. The summed E-state index contributed by atoms with van der Waals surface area (Å²) >= 11 is 0. The Kier molecular flexibility index (Phi) is 6.94. The Balaban J connectivity index is 1.70. The molecular formula is C30H18F3N7O. The first kappa shape index (κ1) is 26.7. The molecule has 41 heavy (non-hydrogen) atoms. The summed E-state index contributed by atoms with van der Waals surface area (Å²) in [6.07, 6.45) is -1.85. The van der Waals surface area contributed by atoms with Gasteiger partial charge in [-0.1, -0.05) is 66.7 Å². The van der Waals surface area contributed by atoms with Gasteiger partial charge in [0.2, 0.25) is 0 Å². The van der Waals surface area contributed by atoms with Crippen molar-refractivity contribution in [1.29, 1.82) is 10.5 Å². The van der Waals surface area contributed by atoms with E-state index in [1.54, 1.807) is 23.0 Å². The smallest absolute Gasteiger partial charge is 0.382 e. The molecule has 11 heteroatoms. The van der Waals surface area contributed by atoms with Crippen LogP contribution in [0.25, 0.3) is 28.1 Å². The van der Waals surface area contributed by atoms with Crippen LogP contribution >= 0.6 is 0 Å². The molecule has 0 spiro atoms. The third kappa shape index (κ3) is 4.95. The maximum atomic E-state index is 13.8. The first-order valence-electron chi connectivity index (χ1n) is 12.0. The third-order valence-electron chi connectivity index (χ3n) is 6.24. The number of aromatic nitrogens is 3. The van der Waals surface area contributed by atoms with Crippen molar-refractivity contribution in [3.05, 3.63) is 124 Å². The van der Waals surface area contributed by atoms with Crippen LogP contribution < -0.4 is 11.3 Å². The molecule has 0 aliphatic carbocycles. The number of nitrogens with two attached hydrogens (primary N) is 1. The molecule has 0 saturated heterocycles. The number of alkyl halides is 3. The van der Waals surface area contributed by atoms with Gasteiger partial charge in [0.25, 0.3) is 5.56 Å². The summed E-state index contributed by atoms with van der Waals surface area (Å²) in [7, 11) is 0. The van der Waals surface area contributed by atoms with Gasteiger partial charge in [0.15, 0.2) is 0 Å². The summed E-state index contributed by atoms with van der Waals surface area (Å²) < 4.78 is 43.6. The zero-order valence-corrected chi connectivity index (χ0v) is 21.0. The molecule has 0 atom stereocenters. The van der Waals surface area contributed by atoms with Gasteiger partial charge in [-0.2, -0.15) is 38.6 Å². The number of anilines is 1. The molecular weight excluding hydrogens is 531 g/mol. The van der Waals surface area contributed by atoms with Gasteiger partial charge >= 0.3 is 6.18 Å². The van der Waals surface area contributed by atoms with Crippen molar-refractivity contribution >= 4 is 12.0 Å². The Bertz CT molecular complexity index is 1930. The minimum atomic E-state index is -4.81. The van der Waals surface area contributed by atoms with Crippen molar-refractivity contribution < 1.29 is 13.2 Å².